The lowest BCUT2D eigenvalue weighted by atomic mass is 10.2. The van der Waals surface area contributed by atoms with E-state index in [0.717, 1.165) is 5.56 Å². The fraction of sp³-hybridized carbons (Fsp3) is 0.100. The van der Waals surface area contributed by atoms with Gasteiger partial charge >= 0.3 is 0 Å². The quantitative estimate of drug-likeness (QED) is 0.587. The average molecular weight is 384 g/mol. The van der Waals surface area contributed by atoms with E-state index in [2.05, 4.69) is 5.10 Å². The molecule has 0 radical (unpaired) electrons. The Bertz CT molecular complexity index is 1250. The highest BCUT2D eigenvalue weighted by molar-refractivity contribution is 6.30. The van der Waals surface area contributed by atoms with Crippen molar-refractivity contribution in [3.05, 3.63) is 97.4 Å². The maximum absolute atomic E-state index is 13.1. The van der Waals surface area contributed by atoms with Crippen LogP contribution in [-0.4, -0.2) is 14.3 Å². The maximum Gasteiger partial charge on any atom is 0.280 e. The monoisotopic (exact) mass is 383 g/mol. The Morgan fingerprint density at radius 2 is 1.70 bits per heavy atom. The number of benzene rings is 2. The summed E-state index contributed by atoms with van der Waals surface area (Å²) in [6.45, 7) is 1.99. The molecule has 7 heteroatoms. The summed E-state index contributed by atoms with van der Waals surface area (Å²) in [5.41, 5.74) is 1.92. The molecule has 0 bridgehead atoms. The third-order valence-corrected chi connectivity index (χ3v) is 4.81. The van der Waals surface area contributed by atoms with Gasteiger partial charge in [-0.3, -0.25) is 14.7 Å². The number of nitrogens with zero attached hydrogens (tertiary/aromatic N) is 2. The molecule has 2 aromatic heterocycles. The van der Waals surface area contributed by atoms with Crippen LogP contribution in [0.1, 0.15) is 11.3 Å². The van der Waals surface area contributed by atoms with E-state index in [1.54, 1.807) is 43.3 Å². The molecule has 0 saturated carbocycles. The van der Waals surface area contributed by atoms with E-state index in [1.165, 1.54) is 27.4 Å². The van der Waals surface area contributed by atoms with E-state index in [1.807, 2.05) is 0 Å². The molecule has 0 fully saturated rings. The Morgan fingerprint density at radius 1 is 1.04 bits per heavy atom. The predicted molar refractivity (Wildman–Crippen MR) is 103 cm³/mol. The highest BCUT2D eigenvalue weighted by Crippen LogP contribution is 2.16. The first-order valence-corrected chi connectivity index (χ1v) is 8.67. The van der Waals surface area contributed by atoms with Gasteiger partial charge in [0.2, 0.25) is 0 Å². The van der Waals surface area contributed by atoms with Crippen molar-refractivity contribution in [1.29, 1.82) is 0 Å². The van der Waals surface area contributed by atoms with Gasteiger partial charge in [0.15, 0.2) is 0 Å². The number of hydrogen-bond donors (Lipinski definition) is 1. The molecule has 0 atom stereocenters. The van der Waals surface area contributed by atoms with Gasteiger partial charge in [0.1, 0.15) is 5.82 Å². The van der Waals surface area contributed by atoms with Gasteiger partial charge in [-0.1, -0.05) is 23.7 Å². The molecule has 0 aliphatic rings. The van der Waals surface area contributed by atoms with Gasteiger partial charge in [-0.15, -0.1) is 0 Å². The van der Waals surface area contributed by atoms with Crippen LogP contribution >= 0.6 is 11.6 Å². The van der Waals surface area contributed by atoms with Crippen molar-refractivity contribution in [3.63, 3.8) is 0 Å². The predicted octanol–water partition coefficient (Wildman–Crippen LogP) is 3.63. The molecule has 0 aliphatic heterocycles. The molecule has 0 spiro atoms. The summed E-state index contributed by atoms with van der Waals surface area (Å²) in [6, 6.07) is 14.2. The van der Waals surface area contributed by atoms with Crippen LogP contribution in [0.2, 0.25) is 5.02 Å². The molecule has 4 rings (SSSR count). The smallest absolute Gasteiger partial charge is 0.280 e. The molecule has 136 valence electrons. The molecular formula is C20H15ClFN3O2. The van der Waals surface area contributed by atoms with Crippen molar-refractivity contribution < 1.29 is 4.39 Å². The van der Waals surface area contributed by atoms with E-state index in [0.29, 0.717) is 27.3 Å². The van der Waals surface area contributed by atoms with Gasteiger partial charge in [-0.05, 0) is 48.9 Å². The van der Waals surface area contributed by atoms with Gasteiger partial charge in [-0.25, -0.2) is 9.07 Å². The lowest BCUT2D eigenvalue weighted by molar-refractivity contribution is 0.626. The van der Waals surface area contributed by atoms with Crippen molar-refractivity contribution in [1.82, 2.24) is 14.3 Å². The number of pyridine rings is 1. The number of hydrogen-bond acceptors (Lipinski definition) is 2. The number of fused-ring (bicyclic) bond motifs is 1. The molecule has 2 aromatic carbocycles. The van der Waals surface area contributed by atoms with Crippen LogP contribution in [0.3, 0.4) is 0 Å². The molecule has 0 saturated heterocycles. The third kappa shape index (κ3) is 3.08. The molecule has 0 aliphatic carbocycles. The van der Waals surface area contributed by atoms with Crippen LogP contribution < -0.4 is 11.1 Å². The summed E-state index contributed by atoms with van der Waals surface area (Å²) in [5, 5.41) is 3.98. The maximum atomic E-state index is 13.1. The van der Waals surface area contributed by atoms with Crippen molar-refractivity contribution in [2.45, 2.75) is 13.5 Å². The van der Waals surface area contributed by atoms with E-state index in [-0.39, 0.29) is 23.5 Å². The number of rotatable bonds is 3. The summed E-state index contributed by atoms with van der Waals surface area (Å²) in [6.07, 6.45) is 0. The van der Waals surface area contributed by atoms with E-state index < -0.39 is 0 Å². The SMILES string of the molecule is Cc1c2c(=O)n(-c3ccc(Cl)cc3)[nH]c2cc(=O)n1Cc1ccc(F)cc1. The lowest BCUT2D eigenvalue weighted by Crippen LogP contribution is -2.23. The van der Waals surface area contributed by atoms with Crippen LogP contribution in [0.4, 0.5) is 4.39 Å². The molecule has 2 heterocycles. The number of nitrogens with one attached hydrogen (secondary N) is 1. The minimum absolute atomic E-state index is 0.242. The van der Waals surface area contributed by atoms with E-state index >= 15 is 0 Å². The Hall–Kier alpha value is -3.12. The third-order valence-electron chi connectivity index (χ3n) is 4.56. The molecule has 5 nitrogen and oxygen atoms in total. The Kier molecular flexibility index (Phi) is 4.20. The van der Waals surface area contributed by atoms with Crippen molar-refractivity contribution >= 4 is 22.5 Å². The highest BCUT2D eigenvalue weighted by Gasteiger charge is 2.15. The normalized spacial score (nSPS) is 11.2. The van der Waals surface area contributed by atoms with Gasteiger partial charge in [0.05, 0.1) is 23.1 Å². The standard InChI is InChI=1S/C20H15ClFN3O2/c1-12-19-17(23-25(20(19)27)16-8-4-14(21)5-9-16)10-18(26)24(12)11-13-2-6-15(22)7-3-13/h2-10,23H,11H2,1H3. The number of H-pyrrole nitrogens is 1. The zero-order valence-electron chi connectivity index (χ0n) is 14.4. The second kappa shape index (κ2) is 6.55. The van der Waals surface area contributed by atoms with Gasteiger partial charge < -0.3 is 4.57 Å². The van der Waals surface area contributed by atoms with Crippen molar-refractivity contribution in [3.8, 4) is 5.69 Å². The summed E-state index contributed by atoms with van der Waals surface area (Å²) >= 11 is 5.91. The van der Waals surface area contributed by atoms with Crippen LogP contribution in [0.15, 0.2) is 64.2 Å². The molecule has 4 aromatic rings. The second-order valence-corrected chi connectivity index (χ2v) is 6.73. The van der Waals surface area contributed by atoms with Crippen LogP contribution in [-0.2, 0) is 6.54 Å². The zero-order chi connectivity index (χ0) is 19.1. The highest BCUT2D eigenvalue weighted by atomic mass is 35.5. The Balaban J connectivity index is 1.87. The largest absolute Gasteiger partial charge is 0.308 e. The molecular weight excluding hydrogens is 369 g/mol. The average Bonchev–Trinajstić information content (AvgIpc) is 2.97. The summed E-state index contributed by atoms with van der Waals surface area (Å²) < 4.78 is 16.0. The fourth-order valence-corrected chi connectivity index (χ4v) is 3.28. The minimum Gasteiger partial charge on any atom is -0.308 e. The van der Waals surface area contributed by atoms with E-state index in [9.17, 15) is 14.0 Å². The molecule has 0 amide bonds. The van der Waals surface area contributed by atoms with Gasteiger partial charge in [-0.2, -0.15) is 0 Å². The van der Waals surface area contributed by atoms with Crippen molar-refractivity contribution in [2.24, 2.45) is 0 Å². The molecule has 27 heavy (non-hydrogen) atoms. The molecule has 1 N–H and O–H groups in total. The van der Waals surface area contributed by atoms with Crippen LogP contribution in [0.5, 0.6) is 0 Å². The lowest BCUT2D eigenvalue weighted by Gasteiger charge is -2.10. The molecule has 0 unspecified atom stereocenters. The Labute approximate surface area is 158 Å². The first-order valence-electron chi connectivity index (χ1n) is 8.29. The summed E-state index contributed by atoms with van der Waals surface area (Å²) in [4.78, 5) is 25.5. The Morgan fingerprint density at radius 3 is 2.37 bits per heavy atom. The fourth-order valence-electron chi connectivity index (χ4n) is 3.15. The van der Waals surface area contributed by atoms with Gasteiger partial charge in [0.25, 0.3) is 11.1 Å². The minimum atomic E-state index is -0.338. The zero-order valence-corrected chi connectivity index (χ0v) is 15.1. The first-order chi connectivity index (χ1) is 12.9. The van der Waals surface area contributed by atoms with E-state index in [4.69, 9.17) is 11.6 Å². The number of aryl methyl sites for hydroxylation is 1. The topological polar surface area (TPSA) is 59.8 Å². The van der Waals surface area contributed by atoms with Crippen LogP contribution in [0.25, 0.3) is 16.6 Å². The van der Waals surface area contributed by atoms with Crippen molar-refractivity contribution in [2.75, 3.05) is 0 Å². The first kappa shape index (κ1) is 17.3. The second-order valence-electron chi connectivity index (χ2n) is 6.30. The number of aromatic amines is 1. The summed E-state index contributed by atoms with van der Waals surface area (Å²) in [7, 11) is 0. The van der Waals surface area contributed by atoms with Crippen LogP contribution in [0, 0.1) is 12.7 Å². The number of aromatic nitrogens is 3. The van der Waals surface area contributed by atoms with Gasteiger partial charge in [0, 0.05) is 16.8 Å². The number of halogens is 2. The summed E-state index contributed by atoms with van der Waals surface area (Å²) in [5.74, 6) is -0.338.